The molecule has 0 saturated carbocycles. The first-order valence-corrected chi connectivity index (χ1v) is 11.3. The van der Waals surface area contributed by atoms with Crippen molar-refractivity contribution in [2.24, 2.45) is 5.92 Å². The van der Waals surface area contributed by atoms with E-state index < -0.39 is 40.5 Å². The van der Waals surface area contributed by atoms with Crippen LogP contribution in [0.15, 0.2) is 47.4 Å². The number of methoxy groups -OCH3 is 2. The smallest absolute Gasteiger partial charge is 0.324 e. The molecule has 0 aliphatic rings. The minimum Gasteiger partial charge on any atom is -0.497 e. The van der Waals surface area contributed by atoms with Crippen LogP contribution in [0.2, 0.25) is 0 Å². The molecule has 2 rings (SSSR count). The molecule has 32 heavy (non-hydrogen) atoms. The Morgan fingerprint density at radius 1 is 1.00 bits per heavy atom. The summed E-state index contributed by atoms with van der Waals surface area (Å²) in [6.45, 7) is 4.61. The Balaban J connectivity index is 2.03. The summed E-state index contributed by atoms with van der Waals surface area (Å²) in [6.07, 6.45) is 0. The normalized spacial score (nSPS) is 12.2. The molecule has 0 bridgehead atoms. The van der Waals surface area contributed by atoms with Gasteiger partial charge >= 0.3 is 5.97 Å². The molecule has 1 atom stereocenters. The lowest BCUT2D eigenvalue weighted by Gasteiger charge is -2.21. The zero-order chi connectivity index (χ0) is 23.9. The highest BCUT2D eigenvalue weighted by Gasteiger charge is 2.30. The summed E-state index contributed by atoms with van der Waals surface area (Å²) in [5.74, 6) is -0.899. The molecule has 0 unspecified atom stereocenters. The molecule has 0 spiro atoms. The lowest BCUT2D eigenvalue weighted by Crippen LogP contribution is -2.45. The van der Waals surface area contributed by atoms with Gasteiger partial charge in [0.15, 0.2) is 6.61 Å². The van der Waals surface area contributed by atoms with E-state index in [0.717, 1.165) is 5.56 Å². The van der Waals surface area contributed by atoms with Gasteiger partial charge < -0.3 is 19.5 Å². The van der Waals surface area contributed by atoms with Gasteiger partial charge in [0.1, 0.15) is 17.5 Å². The van der Waals surface area contributed by atoms with Crippen LogP contribution in [0.3, 0.4) is 0 Å². The summed E-state index contributed by atoms with van der Waals surface area (Å²) in [6, 6.07) is 9.82. The van der Waals surface area contributed by atoms with Crippen molar-refractivity contribution >= 4 is 27.6 Å². The zero-order valence-electron chi connectivity index (χ0n) is 18.7. The van der Waals surface area contributed by atoms with Crippen LogP contribution in [0.4, 0.5) is 5.69 Å². The SMILES string of the molecule is COc1ccc(S(=O)(=O)N[C@H](C(=O)OCC(=O)Nc2cc(C)ccc2OC)C(C)C)cc1. The van der Waals surface area contributed by atoms with Gasteiger partial charge in [0.25, 0.3) is 5.91 Å². The fourth-order valence-corrected chi connectivity index (χ4v) is 4.11. The monoisotopic (exact) mass is 464 g/mol. The standard InChI is InChI=1S/C22H28N2O7S/c1-14(2)21(24-32(27,28)17-9-7-16(29-4)8-10-17)22(26)31-13-20(25)23-18-12-15(3)6-11-19(18)30-5/h6-12,14,21,24H,13H2,1-5H3,(H,23,25)/t21-/m0/s1. The van der Waals surface area contributed by atoms with E-state index in [2.05, 4.69) is 10.0 Å². The average Bonchev–Trinajstić information content (AvgIpc) is 2.76. The maximum absolute atomic E-state index is 12.7. The van der Waals surface area contributed by atoms with E-state index in [9.17, 15) is 18.0 Å². The highest BCUT2D eigenvalue weighted by molar-refractivity contribution is 7.89. The molecule has 2 aromatic carbocycles. The molecule has 10 heteroatoms. The van der Waals surface area contributed by atoms with Gasteiger partial charge in [-0.25, -0.2) is 8.42 Å². The van der Waals surface area contributed by atoms with E-state index in [1.54, 1.807) is 26.0 Å². The number of nitrogens with one attached hydrogen (secondary N) is 2. The molecule has 9 nitrogen and oxygen atoms in total. The number of anilines is 1. The predicted octanol–water partition coefficient (Wildman–Crippen LogP) is 2.50. The maximum atomic E-state index is 12.7. The third kappa shape index (κ3) is 6.69. The van der Waals surface area contributed by atoms with Gasteiger partial charge in [0, 0.05) is 0 Å². The molecular formula is C22H28N2O7S. The minimum atomic E-state index is -4.00. The Morgan fingerprint density at radius 2 is 1.66 bits per heavy atom. The fraction of sp³-hybridized carbons (Fsp3) is 0.364. The first-order valence-electron chi connectivity index (χ1n) is 9.85. The topological polar surface area (TPSA) is 120 Å². The zero-order valence-corrected chi connectivity index (χ0v) is 19.5. The van der Waals surface area contributed by atoms with E-state index in [4.69, 9.17) is 14.2 Å². The summed E-state index contributed by atoms with van der Waals surface area (Å²) in [7, 11) is -1.05. The quantitative estimate of drug-likeness (QED) is 0.518. The van der Waals surface area contributed by atoms with Crippen molar-refractivity contribution in [3.05, 3.63) is 48.0 Å². The number of aryl methyl sites for hydroxylation is 1. The molecule has 0 aliphatic heterocycles. The molecule has 0 radical (unpaired) electrons. The van der Waals surface area contributed by atoms with E-state index in [1.165, 1.54) is 38.5 Å². The van der Waals surface area contributed by atoms with Crippen molar-refractivity contribution < 1.29 is 32.2 Å². The third-order valence-corrected chi connectivity index (χ3v) is 6.00. The molecule has 0 aliphatic carbocycles. The number of hydrogen-bond acceptors (Lipinski definition) is 7. The average molecular weight is 465 g/mol. The van der Waals surface area contributed by atoms with Crippen molar-refractivity contribution in [1.82, 2.24) is 4.72 Å². The van der Waals surface area contributed by atoms with Gasteiger partial charge in [0.05, 0.1) is 24.8 Å². The largest absolute Gasteiger partial charge is 0.497 e. The Labute approximate surface area is 188 Å². The number of ether oxygens (including phenoxy) is 3. The predicted molar refractivity (Wildman–Crippen MR) is 119 cm³/mol. The summed E-state index contributed by atoms with van der Waals surface area (Å²) in [5.41, 5.74) is 1.35. The number of carbonyl (C=O) groups is 2. The molecular weight excluding hydrogens is 436 g/mol. The van der Waals surface area contributed by atoms with Crippen molar-refractivity contribution in [2.45, 2.75) is 31.7 Å². The lowest BCUT2D eigenvalue weighted by atomic mass is 10.1. The number of amides is 1. The van der Waals surface area contributed by atoms with Gasteiger partial charge in [0.2, 0.25) is 10.0 Å². The second-order valence-electron chi connectivity index (χ2n) is 7.38. The van der Waals surface area contributed by atoms with Gasteiger partial charge in [-0.05, 0) is 54.8 Å². The van der Waals surface area contributed by atoms with Crippen LogP contribution in [0.25, 0.3) is 0 Å². The number of esters is 1. The summed E-state index contributed by atoms with van der Waals surface area (Å²) in [4.78, 5) is 24.8. The highest BCUT2D eigenvalue weighted by Crippen LogP contribution is 2.25. The Hall–Kier alpha value is -3.11. The van der Waals surface area contributed by atoms with Crippen LogP contribution in [0.1, 0.15) is 19.4 Å². The first-order chi connectivity index (χ1) is 15.1. The van der Waals surface area contributed by atoms with Crippen LogP contribution in [0.5, 0.6) is 11.5 Å². The number of hydrogen-bond donors (Lipinski definition) is 2. The second kappa shape index (κ2) is 11.0. The summed E-state index contributed by atoms with van der Waals surface area (Å²) >= 11 is 0. The van der Waals surface area contributed by atoms with Crippen LogP contribution in [0, 0.1) is 12.8 Å². The Bertz CT molecular complexity index is 1050. The van der Waals surface area contributed by atoms with Crippen molar-refractivity contribution in [3.63, 3.8) is 0 Å². The van der Waals surface area contributed by atoms with Crippen LogP contribution in [-0.4, -0.2) is 47.2 Å². The summed E-state index contributed by atoms with van der Waals surface area (Å²) in [5, 5.41) is 2.62. The van der Waals surface area contributed by atoms with Crippen molar-refractivity contribution in [3.8, 4) is 11.5 Å². The van der Waals surface area contributed by atoms with Gasteiger partial charge in [-0.3, -0.25) is 9.59 Å². The number of carbonyl (C=O) groups excluding carboxylic acids is 2. The van der Waals surface area contributed by atoms with Gasteiger partial charge in [-0.2, -0.15) is 4.72 Å². The number of rotatable bonds is 10. The Morgan fingerprint density at radius 3 is 2.22 bits per heavy atom. The van der Waals surface area contributed by atoms with Crippen molar-refractivity contribution in [1.29, 1.82) is 0 Å². The molecule has 0 fully saturated rings. The summed E-state index contributed by atoms with van der Waals surface area (Å²) < 4.78 is 43.0. The molecule has 2 N–H and O–H groups in total. The van der Waals surface area contributed by atoms with Crippen LogP contribution in [-0.2, 0) is 24.3 Å². The van der Waals surface area contributed by atoms with E-state index >= 15 is 0 Å². The Kier molecular flexibility index (Phi) is 8.62. The molecule has 0 aromatic heterocycles. The molecule has 0 heterocycles. The second-order valence-corrected chi connectivity index (χ2v) is 9.09. The first kappa shape index (κ1) is 25.2. The minimum absolute atomic E-state index is 0.0268. The fourth-order valence-electron chi connectivity index (χ4n) is 2.78. The molecule has 174 valence electrons. The van der Waals surface area contributed by atoms with E-state index in [-0.39, 0.29) is 4.90 Å². The van der Waals surface area contributed by atoms with Crippen molar-refractivity contribution in [2.75, 3.05) is 26.1 Å². The van der Waals surface area contributed by atoms with Gasteiger partial charge in [-0.15, -0.1) is 0 Å². The maximum Gasteiger partial charge on any atom is 0.324 e. The van der Waals surface area contributed by atoms with E-state index in [1.807, 2.05) is 13.0 Å². The van der Waals surface area contributed by atoms with Crippen LogP contribution < -0.4 is 19.5 Å². The number of benzene rings is 2. The van der Waals surface area contributed by atoms with Gasteiger partial charge in [-0.1, -0.05) is 19.9 Å². The van der Waals surface area contributed by atoms with Crippen LogP contribution >= 0.6 is 0 Å². The molecule has 2 aromatic rings. The molecule has 0 saturated heterocycles. The third-order valence-electron chi connectivity index (χ3n) is 4.55. The van der Waals surface area contributed by atoms with E-state index in [0.29, 0.717) is 17.2 Å². The lowest BCUT2D eigenvalue weighted by molar-refractivity contribution is -0.150. The molecule has 1 amide bonds. The number of sulfonamides is 1. The highest BCUT2D eigenvalue weighted by atomic mass is 32.2.